The fourth-order valence-corrected chi connectivity index (χ4v) is 5.85. The number of anilines is 1. The first-order chi connectivity index (χ1) is 14.1. The maximum atomic E-state index is 12.8. The molecule has 8 heteroatoms. The van der Waals surface area contributed by atoms with Crippen LogP contribution in [0.15, 0.2) is 47.5 Å². The highest BCUT2D eigenvalue weighted by Crippen LogP contribution is 2.30. The van der Waals surface area contributed by atoms with E-state index in [0.29, 0.717) is 36.9 Å². The summed E-state index contributed by atoms with van der Waals surface area (Å²) in [5.74, 6) is 0.521. The van der Waals surface area contributed by atoms with Gasteiger partial charge in [-0.15, -0.1) is 0 Å². The summed E-state index contributed by atoms with van der Waals surface area (Å²) >= 11 is 0. The Morgan fingerprint density at radius 1 is 0.966 bits per heavy atom. The first-order valence-electron chi connectivity index (χ1n) is 10.5. The Hall–Kier alpha value is -2.19. The number of carbonyl (C=O) groups is 1. The van der Waals surface area contributed by atoms with Crippen molar-refractivity contribution in [1.82, 2.24) is 14.1 Å². The van der Waals surface area contributed by atoms with Crippen LogP contribution in [0.25, 0.3) is 0 Å². The van der Waals surface area contributed by atoms with Gasteiger partial charge in [0, 0.05) is 25.1 Å². The number of aromatic nitrogens is 2. The largest absolute Gasteiger partial charge is 0.311 e. The lowest BCUT2D eigenvalue weighted by atomic mass is 9.95. The van der Waals surface area contributed by atoms with Crippen LogP contribution in [0.5, 0.6) is 0 Å². The molecule has 0 spiro atoms. The van der Waals surface area contributed by atoms with Crippen LogP contribution in [0.2, 0.25) is 0 Å². The minimum absolute atomic E-state index is 0.0423. The van der Waals surface area contributed by atoms with Crippen molar-refractivity contribution in [2.24, 2.45) is 5.92 Å². The molecule has 2 heterocycles. The SMILES string of the molecule is O=C(Nc1ccnn1C1CCCCC1)C1CCN(S(=O)(=O)c2ccccc2)CC1. The Morgan fingerprint density at radius 3 is 2.34 bits per heavy atom. The summed E-state index contributed by atoms with van der Waals surface area (Å²) in [5, 5.41) is 7.47. The van der Waals surface area contributed by atoms with Crippen LogP contribution in [-0.2, 0) is 14.8 Å². The number of hydrogen-bond acceptors (Lipinski definition) is 4. The van der Waals surface area contributed by atoms with Crippen LogP contribution in [-0.4, -0.2) is 41.5 Å². The molecule has 2 aliphatic rings. The van der Waals surface area contributed by atoms with Crippen molar-refractivity contribution < 1.29 is 13.2 Å². The molecule has 7 nitrogen and oxygen atoms in total. The van der Waals surface area contributed by atoms with Crippen LogP contribution < -0.4 is 5.32 Å². The molecule has 0 radical (unpaired) electrons. The molecule has 1 N–H and O–H groups in total. The number of nitrogens with one attached hydrogen (secondary N) is 1. The molecule has 1 aliphatic carbocycles. The van der Waals surface area contributed by atoms with Gasteiger partial charge < -0.3 is 5.32 Å². The molecule has 1 saturated heterocycles. The fraction of sp³-hybridized carbons (Fsp3) is 0.524. The van der Waals surface area contributed by atoms with E-state index in [1.807, 2.05) is 10.7 Å². The van der Waals surface area contributed by atoms with E-state index in [2.05, 4.69) is 10.4 Å². The van der Waals surface area contributed by atoms with Gasteiger partial charge in [-0.25, -0.2) is 13.1 Å². The van der Waals surface area contributed by atoms with Crippen molar-refractivity contribution in [3.05, 3.63) is 42.6 Å². The van der Waals surface area contributed by atoms with Gasteiger partial charge in [-0.3, -0.25) is 4.79 Å². The Kier molecular flexibility index (Phi) is 6.01. The predicted octanol–water partition coefficient (Wildman–Crippen LogP) is 3.43. The minimum Gasteiger partial charge on any atom is -0.311 e. The molecule has 0 bridgehead atoms. The lowest BCUT2D eigenvalue weighted by Crippen LogP contribution is -2.41. The summed E-state index contributed by atoms with van der Waals surface area (Å²) in [6.45, 7) is 0.717. The van der Waals surface area contributed by atoms with Gasteiger partial charge in [0.05, 0.1) is 17.1 Å². The van der Waals surface area contributed by atoms with Gasteiger partial charge in [-0.05, 0) is 37.8 Å². The molecule has 0 unspecified atom stereocenters. The number of sulfonamides is 1. The van der Waals surface area contributed by atoms with Gasteiger partial charge in [0.1, 0.15) is 5.82 Å². The fourth-order valence-electron chi connectivity index (χ4n) is 4.36. The molecule has 156 valence electrons. The Bertz CT molecular complexity index is 928. The summed E-state index contributed by atoms with van der Waals surface area (Å²) in [7, 11) is -3.49. The van der Waals surface area contributed by atoms with Crippen molar-refractivity contribution in [2.75, 3.05) is 18.4 Å². The van der Waals surface area contributed by atoms with Crippen LogP contribution in [0.4, 0.5) is 5.82 Å². The summed E-state index contributed by atoms with van der Waals surface area (Å²) < 4.78 is 28.9. The zero-order chi connectivity index (χ0) is 20.3. The van der Waals surface area contributed by atoms with E-state index >= 15 is 0 Å². The first kappa shape index (κ1) is 20.1. The molecule has 2 fully saturated rings. The van der Waals surface area contributed by atoms with E-state index in [4.69, 9.17) is 0 Å². The number of piperidine rings is 1. The average molecular weight is 417 g/mol. The monoisotopic (exact) mass is 416 g/mol. The summed E-state index contributed by atoms with van der Waals surface area (Å²) in [4.78, 5) is 13.1. The second kappa shape index (κ2) is 8.67. The lowest BCUT2D eigenvalue weighted by Gasteiger charge is -2.31. The summed E-state index contributed by atoms with van der Waals surface area (Å²) in [6.07, 6.45) is 8.65. The van der Waals surface area contributed by atoms with Gasteiger partial charge >= 0.3 is 0 Å². The molecule has 2 aromatic rings. The van der Waals surface area contributed by atoms with Crippen molar-refractivity contribution in [2.45, 2.75) is 55.9 Å². The molecule has 1 aromatic carbocycles. The Balaban J connectivity index is 1.36. The van der Waals surface area contributed by atoms with Gasteiger partial charge in [0.15, 0.2) is 0 Å². The molecule has 4 rings (SSSR count). The van der Waals surface area contributed by atoms with Gasteiger partial charge in [-0.1, -0.05) is 37.5 Å². The second-order valence-electron chi connectivity index (χ2n) is 7.93. The number of carbonyl (C=O) groups excluding carboxylic acids is 1. The van der Waals surface area contributed by atoms with E-state index in [1.165, 1.54) is 23.6 Å². The number of benzene rings is 1. The molecule has 1 saturated carbocycles. The summed E-state index contributed by atoms with van der Waals surface area (Å²) in [6, 6.07) is 10.7. The molecule has 29 heavy (non-hydrogen) atoms. The molecule has 1 amide bonds. The first-order valence-corrected chi connectivity index (χ1v) is 11.9. The van der Waals surface area contributed by atoms with Crippen molar-refractivity contribution >= 4 is 21.7 Å². The maximum absolute atomic E-state index is 12.8. The molecular formula is C21H28N4O3S. The zero-order valence-electron chi connectivity index (χ0n) is 16.5. The summed E-state index contributed by atoms with van der Waals surface area (Å²) in [5.41, 5.74) is 0. The smallest absolute Gasteiger partial charge is 0.243 e. The van der Waals surface area contributed by atoms with E-state index in [0.717, 1.165) is 18.7 Å². The zero-order valence-corrected chi connectivity index (χ0v) is 17.4. The third-order valence-electron chi connectivity index (χ3n) is 6.05. The maximum Gasteiger partial charge on any atom is 0.243 e. The van der Waals surface area contributed by atoms with Crippen LogP contribution in [0.3, 0.4) is 0 Å². The highest BCUT2D eigenvalue weighted by atomic mass is 32.2. The predicted molar refractivity (Wildman–Crippen MR) is 111 cm³/mol. The standard InChI is InChI=1S/C21H28N4O3S/c26-21(23-20-11-14-22-25(20)18-7-3-1-4-8-18)17-12-15-24(16-13-17)29(27,28)19-9-5-2-6-10-19/h2,5-6,9-11,14,17-18H,1,3-4,7-8,12-13,15-16H2,(H,23,26). The topological polar surface area (TPSA) is 84.3 Å². The Labute approximate surface area is 172 Å². The molecular weight excluding hydrogens is 388 g/mol. The van der Waals surface area contributed by atoms with E-state index in [1.54, 1.807) is 36.5 Å². The third kappa shape index (κ3) is 4.38. The van der Waals surface area contributed by atoms with E-state index in [-0.39, 0.29) is 11.8 Å². The van der Waals surface area contributed by atoms with E-state index < -0.39 is 10.0 Å². The van der Waals surface area contributed by atoms with Crippen LogP contribution in [0.1, 0.15) is 51.0 Å². The molecule has 1 aliphatic heterocycles. The number of rotatable bonds is 5. The minimum atomic E-state index is -3.49. The lowest BCUT2D eigenvalue weighted by molar-refractivity contribution is -0.121. The Morgan fingerprint density at radius 2 is 1.66 bits per heavy atom. The number of nitrogens with zero attached hydrogens (tertiary/aromatic N) is 3. The number of amides is 1. The van der Waals surface area contributed by atoms with Gasteiger partial charge in [-0.2, -0.15) is 9.40 Å². The molecule has 0 atom stereocenters. The van der Waals surface area contributed by atoms with Crippen LogP contribution >= 0.6 is 0 Å². The van der Waals surface area contributed by atoms with Crippen molar-refractivity contribution in [3.63, 3.8) is 0 Å². The van der Waals surface area contributed by atoms with Crippen LogP contribution in [0, 0.1) is 5.92 Å². The highest BCUT2D eigenvalue weighted by molar-refractivity contribution is 7.89. The quantitative estimate of drug-likeness (QED) is 0.809. The van der Waals surface area contributed by atoms with Crippen molar-refractivity contribution in [3.8, 4) is 0 Å². The van der Waals surface area contributed by atoms with Crippen molar-refractivity contribution in [1.29, 1.82) is 0 Å². The third-order valence-corrected chi connectivity index (χ3v) is 7.96. The second-order valence-corrected chi connectivity index (χ2v) is 9.87. The van der Waals surface area contributed by atoms with E-state index in [9.17, 15) is 13.2 Å². The van der Waals surface area contributed by atoms with Gasteiger partial charge in [0.25, 0.3) is 0 Å². The van der Waals surface area contributed by atoms with Gasteiger partial charge in [0.2, 0.25) is 15.9 Å². The molecule has 1 aromatic heterocycles. The highest BCUT2D eigenvalue weighted by Gasteiger charge is 2.32. The number of hydrogen-bond donors (Lipinski definition) is 1. The normalized spacial score (nSPS) is 19.9. The average Bonchev–Trinajstić information content (AvgIpc) is 3.23.